The molecule has 1 aromatic carbocycles. The summed E-state index contributed by atoms with van der Waals surface area (Å²) in [6, 6.07) is 14.2. The molecular formula is C25H24FN5O2. The Morgan fingerprint density at radius 2 is 1.94 bits per heavy atom. The molecule has 0 aliphatic carbocycles. The SMILES string of the molecule is Cc1cc(Cc2ccccc2F)cc(C2CN(C(=O)c3cc(C)nc4ccnn34)CCO2)n1. The number of hydrogen-bond acceptors (Lipinski definition) is 5. The smallest absolute Gasteiger partial charge is 0.272 e. The first-order valence-electron chi connectivity index (χ1n) is 10.9. The topological polar surface area (TPSA) is 72.6 Å². The first-order valence-corrected chi connectivity index (χ1v) is 10.9. The molecule has 33 heavy (non-hydrogen) atoms. The van der Waals surface area contributed by atoms with Gasteiger partial charge in [0.05, 0.1) is 25.0 Å². The number of aromatic nitrogens is 4. The second-order valence-electron chi connectivity index (χ2n) is 8.30. The van der Waals surface area contributed by atoms with Crippen LogP contribution in [0.5, 0.6) is 0 Å². The van der Waals surface area contributed by atoms with Crippen LogP contribution in [-0.2, 0) is 11.2 Å². The molecule has 1 aliphatic rings. The van der Waals surface area contributed by atoms with Crippen molar-refractivity contribution >= 4 is 11.6 Å². The number of hydrogen-bond donors (Lipinski definition) is 0. The van der Waals surface area contributed by atoms with Crippen molar-refractivity contribution in [2.24, 2.45) is 0 Å². The molecule has 0 N–H and O–H groups in total. The maximum atomic E-state index is 14.2. The third-order valence-electron chi connectivity index (χ3n) is 5.78. The molecule has 1 atom stereocenters. The largest absolute Gasteiger partial charge is 0.368 e. The molecule has 0 spiro atoms. The van der Waals surface area contributed by atoms with Crippen molar-refractivity contribution in [3.8, 4) is 0 Å². The molecule has 168 valence electrons. The normalized spacial score (nSPS) is 16.3. The van der Waals surface area contributed by atoms with Crippen molar-refractivity contribution in [3.63, 3.8) is 0 Å². The van der Waals surface area contributed by atoms with E-state index >= 15 is 0 Å². The van der Waals surface area contributed by atoms with Crippen LogP contribution in [0, 0.1) is 19.7 Å². The zero-order valence-electron chi connectivity index (χ0n) is 18.5. The minimum atomic E-state index is -0.363. The molecule has 1 saturated heterocycles. The molecule has 1 fully saturated rings. The number of fused-ring (bicyclic) bond motifs is 1. The van der Waals surface area contributed by atoms with Gasteiger partial charge in [-0.05, 0) is 49.2 Å². The van der Waals surface area contributed by atoms with Crippen molar-refractivity contribution < 1.29 is 13.9 Å². The van der Waals surface area contributed by atoms with Gasteiger partial charge in [-0.2, -0.15) is 5.10 Å². The quantitative estimate of drug-likeness (QED) is 0.479. The van der Waals surface area contributed by atoms with Crippen LogP contribution in [0.15, 0.2) is 54.7 Å². The van der Waals surface area contributed by atoms with Crippen LogP contribution in [0.2, 0.25) is 0 Å². The Morgan fingerprint density at radius 3 is 2.79 bits per heavy atom. The van der Waals surface area contributed by atoms with E-state index in [1.54, 1.807) is 39.9 Å². The number of benzene rings is 1. The number of carbonyl (C=O) groups is 1. The molecule has 5 rings (SSSR count). The Morgan fingerprint density at radius 1 is 1.12 bits per heavy atom. The Bertz CT molecular complexity index is 1340. The number of rotatable bonds is 4. The van der Waals surface area contributed by atoms with Crippen molar-refractivity contribution in [2.45, 2.75) is 26.4 Å². The first-order chi connectivity index (χ1) is 16.0. The Kier molecular flexibility index (Phi) is 5.60. The van der Waals surface area contributed by atoms with E-state index in [0.717, 1.165) is 22.6 Å². The fourth-order valence-corrected chi connectivity index (χ4v) is 4.26. The summed E-state index contributed by atoms with van der Waals surface area (Å²) in [6.07, 6.45) is 1.73. The number of aryl methyl sites for hydroxylation is 2. The average Bonchev–Trinajstić information content (AvgIpc) is 3.28. The van der Waals surface area contributed by atoms with E-state index in [0.29, 0.717) is 43.0 Å². The van der Waals surface area contributed by atoms with Crippen LogP contribution >= 0.6 is 0 Å². The Balaban J connectivity index is 1.39. The highest BCUT2D eigenvalue weighted by Gasteiger charge is 2.29. The van der Waals surface area contributed by atoms with E-state index < -0.39 is 0 Å². The van der Waals surface area contributed by atoms with Crippen LogP contribution < -0.4 is 0 Å². The highest BCUT2D eigenvalue weighted by molar-refractivity contribution is 5.93. The van der Waals surface area contributed by atoms with Gasteiger partial charge in [0, 0.05) is 30.4 Å². The van der Waals surface area contributed by atoms with Gasteiger partial charge in [0.15, 0.2) is 5.65 Å². The summed E-state index contributed by atoms with van der Waals surface area (Å²) in [4.78, 5) is 24.2. The van der Waals surface area contributed by atoms with E-state index in [2.05, 4.69) is 15.1 Å². The van der Waals surface area contributed by atoms with Gasteiger partial charge < -0.3 is 9.64 Å². The lowest BCUT2D eigenvalue weighted by Gasteiger charge is -2.33. The van der Waals surface area contributed by atoms with Gasteiger partial charge >= 0.3 is 0 Å². The lowest BCUT2D eigenvalue weighted by atomic mass is 10.0. The standard InChI is InChI=1S/C25H24FN5O2/c1-16-11-18(13-19-5-3-4-6-20(19)26)14-21(28-16)23-15-30(9-10-33-23)25(32)22-12-17(2)29-24-7-8-27-31(22)24/h3-8,11-12,14,23H,9-10,13,15H2,1-2H3. The molecular weight excluding hydrogens is 421 g/mol. The van der Waals surface area contributed by atoms with Crippen LogP contribution in [0.25, 0.3) is 5.65 Å². The number of halogens is 1. The minimum Gasteiger partial charge on any atom is -0.368 e. The third-order valence-corrected chi connectivity index (χ3v) is 5.78. The van der Waals surface area contributed by atoms with E-state index in [-0.39, 0.29) is 17.8 Å². The molecule has 0 radical (unpaired) electrons. The Hall–Kier alpha value is -3.65. The first kappa shape index (κ1) is 21.2. The third kappa shape index (κ3) is 4.34. The predicted molar refractivity (Wildman–Crippen MR) is 121 cm³/mol. The molecule has 4 heterocycles. The summed E-state index contributed by atoms with van der Waals surface area (Å²) in [5.74, 6) is -0.349. The summed E-state index contributed by atoms with van der Waals surface area (Å²) < 4.78 is 21.7. The highest BCUT2D eigenvalue weighted by Crippen LogP contribution is 2.25. The number of carbonyl (C=O) groups excluding carboxylic acids is 1. The molecule has 1 aliphatic heterocycles. The van der Waals surface area contributed by atoms with Crippen LogP contribution in [0.3, 0.4) is 0 Å². The lowest BCUT2D eigenvalue weighted by Crippen LogP contribution is -2.43. The van der Waals surface area contributed by atoms with E-state index in [9.17, 15) is 9.18 Å². The number of pyridine rings is 1. The molecule has 0 bridgehead atoms. The summed E-state index contributed by atoms with van der Waals surface area (Å²) in [6.45, 7) is 5.03. The van der Waals surface area contributed by atoms with Gasteiger partial charge in [0.2, 0.25) is 0 Å². The molecule has 3 aromatic heterocycles. The number of amides is 1. The molecule has 1 unspecified atom stereocenters. The summed E-state index contributed by atoms with van der Waals surface area (Å²) in [5.41, 5.74) is 5.03. The number of nitrogens with zero attached hydrogens (tertiary/aromatic N) is 5. The van der Waals surface area contributed by atoms with Crippen molar-refractivity contribution in [2.75, 3.05) is 19.7 Å². The number of ether oxygens (including phenoxy) is 1. The molecule has 8 heteroatoms. The summed E-state index contributed by atoms with van der Waals surface area (Å²) in [5, 5.41) is 4.26. The van der Waals surface area contributed by atoms with Gasteiger partial charge in [0.25, 0.3) is 5.91 Å². The average molecular weight is 445 g/mol. The predicted octanol–water partition coefficient (Wildman–Crippen LogP) is 3.68. The van der Waals surface area contributed by atoms with Gasteiger partial charge in [-0.1, -0.05) is 18.2 Å². The fraction of sp³-hybridized carbons (Fsp3) is 0.280. The lowest BCUT2D eigenvalue weighted by molar-refractivity contribution is -0.0250. The van der Waals surface area contributed by atoms with Crippen molar-refractivity contribution in [1.82, 2.24) is 24.5 Å². The maximum Gasteiger partial charge on any atom is 0.272 e. The second-order valence-corrected chi connectivity index (χ2v) is 8.30. The monoisotopic (exact) mass is 445 g/mol. The summed E-state index contributed by atoms with van der Waals surface area (Å²) in [7, 11) is 0. The zero-order chi connectivity index (χ0) is 22.9. The second kappa shape index (κ2) is 8.71. The zero-order valence-corrected chi connectivity index (χ0v) is 18.5. The Labute approximate surface area is 190 Å². The molecule has 1 amide bonds. The minimum absolute atomic E-state index is 0.123. The summed E-state index contributed by atoms with van der Waals surface area (Å²) >= 11 is 0. The van der Waals surface area contributed by atoms with E-state index in [4.69, 9.17) is 4.74 Å². The van der Waals surface area contributed by atoms with Gasteiger partial charge in [-0.15, -0.1) is 0 Å². The molecule has 7 nitrogen and oxygen atoms in total. The van der Waals surface area contributed by atoms with Crippen molar-refractivity contribution in [3.05, 3.63) is 94.4 Å². The maximum absolute atomic E-state index is 14.2. The van der Waals surface area contributed by atoms with Crippen LogP contribution in [0.4, 0.5) is 4.39 Å². The van der Waals surface area contributed by atoms with Crippen LogP contribution in [0.1, 0.15) is 44.8 Å². The van der Waals surface area contributed by atoms with E-state index in [1.807, 2.05) is 32.0 Å². The van der Waals surface area contributed by atoms with E-state index in [1.165, 1.54) is 6.07 Å². The number of morpholine rings is 1. The molecule has 4 aromatic rings. The fourth-order valence-electron chi connectivity index (χ4n) is 4.26. The van der Waals surface area contributed by atoms with Crippen molar-refractivity contribution in [1.29, 1.82) is 0 Å². The van der Waals surface area contributed by atoms with Crippen LogP contribution in [-0.4, -0.2) is 50.1 Å². The van der Waals surface area contributed by atoms with Gasteiger partial charge in [-0.3, -0.25) is 9.78 Å². The van der Waals surface area contributed by atoms with Gasteiger partial charge in [0.1, 0.15) is 17.6 Å². The highest BCUT2D eigenvalue weighted by atomic mass is 19.1. The van der Waals surface area contributed by atoms with Gasteiger partial charge in [-0.25, -0.2) is 13.9 Å². The molecule has 0 saturated carbocycles.